The van der Waals surface area contributed by atoms with Gasteiger partial charge in [-0.1, -0.05) is 0 Å². The van der Waals surface area contributed by atoms with Crippen molar-refractivity contribution in [1.29, 1.82) is 0 Å². The summed E-state index contributed by atoms with van der Waals surface area (Å²) < 4.78 is -0.0483. The van der Waals surface area contributed by atoms with Gasteiger partial charge in [0, 0.05) is 12.3 Å². The molecule has 9 nitrogen and oxygen atoms in total. The Labute approximate surface area is 121 Å². The van der Waals surface area contributed by atoms with Crippen LogP contribution in [0.3, 0.4) is 0 Å². The lowest BCUT2D eigenvalue weighted by Crippen LogP contribution is -2.13. The predicted molar refractivity (Wildman–Crippen MR) is 75.9 cm³/mol. The molecule has 0 radical (unpaired) electrons. The highest BCUT2D eigenvalue weighted by atomic mass is 32.1. The minimum absolute atomic E-state index is 0.00171. The molecule has 10 heteroatoms. The largest absolute Gasteiger partial charge is 0.505 e. The summed E-state index contributed by atoms with van der Waals surface area (Å²) in [6.45, 7) is 0. The van der Waals surface area contributed by atoms with E-state index in [1.165, 1.54) is 6.07 Å². The number of nitrogens with zero attached hydrogens (tertiary/aromatic N) is 2. The third kappa shape index (κ3) is 3.12. The van der Waals surface area contributed by atoms with Crippen LogP contribution in [0.4, 0.5) is 11.4 Å². The van der Waals surface area contributed by atoms with Gasteiger partial charge in [0.1, 0.15) is 17.0 Å². The smallest absolute Gasteiger partial charge is 0.273 e. The van der Waals surface area contributed by atoms with Crippen LogP contribution in [0.25, 0.3) is 0 Å². The van der Waals surface area contributed by atoms with Crippen molar-refractivity contribution in [2.24, 2.45) is 4.99 Å². The summed E-state index contributed by atoms with van der Waals surface area (Å²) >= 11 is 4.66. The molecule has 0 amide bonds. The topological polar surface area (TPSA) is 145 Å². The molecule has 0 atom stereocenters. The van der Waals surface area contributed by atoms with Crippen molar-refractivity contribution >= 4 is 29.8 Å². The number of aromatic nitrogens is 2. The standard InChI is InChI=1S/C11H8N4O5S/c16-8-3-5(15(19)20)1-2-7(8)12-4-6-9(17)13-11(21)14-10(6)18/h1-4,16H,(H3,13,14,17,18,21). The van der Waals surface area contributed by atoms with E-state index in [1.807, 2.05) is 0 Å². The van der Waals surface area contributed by atoms with Gasteiger partial charge >= 0.3 is 0 Å². The number of phenolic OH excluding ortho intramolecular Hbond substituents is 1. The van der Waals surface area contributed by atoms with Crippen LogP contribution >= 0.6 is 12.2 Å². The summed E-state index contributed by atoms with van der Waals surface area (Å²) in [5, 5.41) is 29.7. The molecule has 2 aromatic rings. The fourth-order valence-corrected chi connectivity index (χ4v) is 1.66. The zero-order chi connectivity index (χ0) is 15.6. The summed E-state index contributed by atoms with van der Waals surface area (Å²) in [5.74, 6) is -0.908. The van der Waals surface area contributed by atoms with Gasteiger partial charge in [-0.2, -0.15) is 0 Å². The van der Waals surface area contributed by atoms with Gasteiger partial charge in [-0.15, -0.1) is 0 Å². The molecule has 1 heterocycles. The Bertz CT molecular complexity index is 854. The first kappa shape index (κ1) is 14.4. The van der Waals surface area contributed by atoms with Crippen molar-refractivity contribution in [2.75, 3.05) is 0 Å². The van der Waals surface area contributed by atoms with Gasteiger partial charge in [0.15, 0.2) is 4.77 Å². The van der Waals surface area contributed by atoms with Crippen molar-refractivity contribution in [3.05, 3.63) is 49.0 Å². The molecule has 0 aliphatic heterocycles. The van der Waals surface area contributed by atoms with Gasteiger partial charge in [0.2, 0.25) is 5.88 Å². The number of aromatic amines is 2. The molecule has 21 heavy (non-hydrogen) atoms. The summed E-state index contributed by atoms with van der Waals surface area (Å²) in [4.78, 5) is 29.8. The van der Waals surface area contributed by atoms with E-state index in [-0.39, 0.29) is 21.7 Å². The molecule has 2 rings (SSSR count). The fraction of sp³-hybridized carbons (Fsp3) is 0. The first-order valence-electron chi connectivity index (χ1n) is 5.45. The lowest BCUT2D eigenvalue weighted by molar-refractivity contribution is -0.384. The van der Waals surface area contributed by atoms with Crippen molar-refractivity contribution in [1.82, 2.24) is 9.97 Å². The number of nitro groups is 1. The molecule has 0 aliphatic carbocycles. The Morgan fingerprint density at radius 1 is 1.33 bits per heavy atom. The van der Waals surface area contributed by atoms with Gasteiger partial charge in [-0.25, -0.2) is 0 Å². The van der Waals surface area contributed by atoms with E-state index in [4.69, 9.17) is 0 Å². The average molecular weight is 308 g/mol. The van der Waals surface area contributed by atoms with E-state index in [1.54, 1.807) is 0 Å². The Morgan fingerprint density at radius 2 is 2.05 bits per heavy atom. The maximum absolute atomic E-state index is 11.6. The molecular formula is C11H8N4O5S. The number of phenols is 1. The van der Waals surface area contributed by atoms with Crippen LogP contribution in [-0.4, -0.2) is 31.3 Å². The number of hydrogen-bond acceptors (Lipinski definition) is 7. The maximum atomic E-state index is 11.6. The van der Waals surface area contributed by atoms with Crippen LogP contribution in [0.5, 0.6) is 11.6 Å². The zero-order valence-corrected chi connectivity index (χ0v) is 11.0. The molecular weight excluding hydrogens is 300 g/mol. The third-order valence-corrected chi connectivity index (χ3v) is 2.67. The molecule has 0 aliphatic rings. The Kier molecular flexibility index (Phi) is 3.80. The second-order valence-corrected chi connectivity index (χ2v) is 4.27. The summed E-state index contributed by atoms with van der Waals surface area (Å²) in [7, 11) is 0. The lowest BCUT2D eigenvalue weighted by Gasteiger charge is -1.99. The minimum atomic E-state index is -0.666. The number of aromatic hydroxyl groups is 2. The molecule has 108 valence electrons. The fourth-order valence-electron chi connectivity index (χ4n) is 1.47. The Morgan fingerprint density at radius 3 is 2.62 bits per heavy atom. The molecule has 0 fully saturated rings. The van der Waals surface area contributed by atoms with Crippen LogP contribution < -0.4 is 5.56 Å². The highest BCUT2D eigenvalue weighted by molar-refractivity contribution is 7.71. The Balaban J connectivity index is 2.41. The molecule has 1 aromatic carbocycles. The second-order valence-electron chi connectivity index (χ2n) is 3.86. The average Bonchev–Trinajstić information content (AvgIpc) is 2.38. The monoisotopic (exact) mass is 308 g/mol. The van der Waals surface area contributed by atoms with Crippen molar-refractivity contribution in [3.63, 3.8) is 0 Å². The summed E-state index contributed by atoms with van der Waals surface area (Å²) in [5.41, 5.74) is -1.15. The first-order chi connectivity index (χ1) is 9.88. The number of aliphatic imine (C=N–C) groups is 1. The highest BCUT2D eigenvalue weighted by Crippen LogP contribution is 2.30. The van der Waals surface area contributed by atoms with Gasteiger partial charge < -0.3 is 15.2 Å². The number of H-pyrrole nitrogens is 2. The normalized spacial score (nSPS) is 10.9. The van der Waals surface area contributed by atoms with Crippen LogP contribution in [0, 0.1) is 14.9 Å². The van der Waals surface area contributed by atoms with Gasteiger partial charge in [0.25, 0.3) is 11.2 Å². The quantitative estimate of drug-likeness (QED) is 0.292. The van der Waals surface area contributed by atoms with Crippen molar-refractivity contribution in [3.8, 4) is 11.6 Å². The second kappa shape index (κ2) is 5.54. The Hall–Kier alpha value is -3.01. The lowest BCUT2D eigenvalue weighted by atomic mass is 10.2. The molecule has 0 bridgehead atoms. The van der Waals surface area contributed by atoms with E-state index >= 15 is 0 Å². The number of benzene rings is 1. The predicted octanol–water partition coefficient (Wildman–Crippen LogP) is 1.50. The number of nitro benzene ring substituents is 1. The molecule has 0 saturated carbocycles. The zero-order valence-electron chi connectivity index (χ0n) is 10.2. The first-order valence-corrected chi connectivity index (χ1v) is 5.86. The molecule has 0 spiro atoms. The SMILES string of the molecule is O=c1[nH]c(=S)[nH]c(O)c1C=Nc1ccc([N+](=O)[O-])cc1O. The van der Waals surface area contributed by atoms with Crippen molar-refractivity contribution in [2.45, 2.75) is 0 Å². The number of non-ortho nitro benzene ring substituents is 1. The van der Waals surface area contributed by atoms with E-state index in [9.17, 15) is 25.1 Å². The summed E-state index contributed by atoms with van der Waals surface area (Å²) in [6, 6.07) is 3.28. The third-order valence-electron chi connectivity index (χ3n) is 2.46. The van der Waals surface area contributed by atoms with Gasteiger partial charge in [0.05, 0.1) is 11.0 Å². The van der Waals surface area contributed by atoms with E-state index in [0.717, 1.165) is 18.3 Å². The number of rotatable bonds is 3. The molecule has 4 N–H and O–H groups in total. The molecule has 1 aromatic heterocycles. The maximum Gasteiger partial charge on any atom is 0.273 e. The van der Waals surface area contributed by atoms with E-state index in [0.29, 0.717) is 0 Å². The van der Waals surface area contributed by atoms with Gasteiger partial charge in [-0.3, -0.25) is 24.9 Å². The van der Waals surface area contributed by atoms with E-state index < -0.39 is 22.1 Å². The number of hydrogen-bond donors (Lipinski definition) is 4. The minimum Gasteiger partial charge on any atom is -0.505 e. The van der Waals surface area contributed by atoms with Crippen LogP contribution in [0.1, 0.15) is 5.56 Å². The molecule has 0 saturated heterocycles. The van der Waals surface area contributed by atoms with Crippen LogP contribution in [-0.2, 0) is 0 Å². The van der Waals surface area contributed by atoms with Crippen LogP contribution in [0.15, 0.2) is 28.0 Å². The molecule has 0 unspecified atom stereocenters. The van der Waals surface area contributed by atoms with E-state index in [2.05, 4.69) is 27.2 Å². The highest BCUT2D eigenvalue weighted by Gasteiger charge is 2.10. The van der Waals surface area contributed by atoms with Crippen LogP contribution in [0.2, 0.25) is 0 Å². The van der Waals surface area contributed by atoms with Crippen molar-refractivity contribution < 1.29 is 15.1 Å². The number of nitrogens with one attached hydrogen (secondary N) is 2. The van der Waals surface area contributed by atoms with Gasteiger partial charge in [-0.05, 0) is 18.3 Å². The summed E-state index contributed by atoms with van der Waals surface area (Å²) in [6.07, 6.45) is 1.00.